The van der Waals surface area contributed by atoms with Crippen LogP contribution < -0.4 is 0 Å². The number of halogens is 1. The number of pyridine rings is 1. The number of hydrogen-bond donors (Lipinski definition) is 0. The van der Waals surface area contributed by atoms with Crippen LogP contribution in [0.3, 0.4) is 0 Å². The van der Waals surface area contributed by atoms with Gasteiger partial charge in [-0.2, -0.15) is 0 Å². The molecule has 3 nitrogen and oxygen atoms in total. The van der Waals surface area contributed by atoms with Gasteiger partial charge in [0, 0.05) is 17.5 Å². The van der Waals surface area contributed by atoms with Gasteiger partial charge >= 0.3 is 0 Å². The van der Waals surface area contributed by atoms with E-state index in [0.29, 0.717) is 11.0 Å². The van der Waals surface area contributed by atoms with Crippen molar-refractivity contribution < 1.29 is 0 Å². The van der Waals surface area contributed by atoms with Gasteiger partial charge < -0.3 is 0 Å². The summed E-state index contributed by atoms with van der Waals surface area (Å²) < 4.78 is 0. The van der Waals surface area contributed by atoms with Crippen LogP contribution in [0.25, 0.3) is 11.5 Å². The summed E-state index contributed by atoms with van der Waals surface area (Å²) in [5.41, 5.74) is 3.00. The first kappa shape index (κ1) is 10.7. The number of nitrogens with zero attached hydrogens (tertiary/aromatic N) is 3. The molecule has 2 aromatic heterocycles. The zero-order valence-electron chi connectivity index (χ0n) is 9.36. The van der Waals surface area contributed by atoms with Gasteiger partial charge in [-0.25, -0.2) is 9.97 Å². The maximum Gasteiger partial charge on any atom is 0.179 e. The van der Waals surface area contributed by atoms with E-state index < -0.39 is 0 Å². The fraction of sp³-hybridized carbons (Fsp3) is 0.308. The molecule has 0 radical (unpaired) electrons. The molecule has 1 aliphatic rings. The third-order valence-electron chi connectivity index (χ3n) is 3.03. The topological polar surface area (TPSA) is 38.7 Å². The Kier molecular flexibility index (Phi) is 2.77. The molecule has 0 spiro atoms. The third-order valence-corrected chi connectivity index (χ3v) is 3.34. The smallest absolute Gasteiger partial charge is 0.179 e. The lowest BCUT2D eigenvalue weighted by molar-refractivity contribution is 0.663. The molecule has 0 atom stereocenters. The Morgan fingerprint density at radius 2 is 1.94 bits per heavy atom. The van der Waals surface area contributed by atoms with E-state index in [-0.39, 0.29) is 0 Å². The molecule has 0 unspecified atom stereocenters. The molecular formula is C13H12ClN3. The molecule has 17 heavy (non-hydrogen) atoms. The Labute approximate surface area is 105 Å². The van der Waals surface area contributed by atoms with E-state index in [2.05, 4.69) is 15.0 Å². The van der Waals surface area contributed by atoms with E-state index in [1.165, 1.54) is 12.8 Å². The second-order valence-corrected chi connectivity index (χ2v) is 4.54. The summed E-state index contributed by atoms with van der Waals surface area (Å²) in [6.45, 7) is 0. The van der Waals surface area contributed by atoms with Gasteiger partial charge in [0.05, 0.1) is 0 Å². The summed E-state index contributed by atoms with van der Waals surface area (Å²) >= 11 is 6.22. The lowest BCUT2D eigenvalue weighted by atomic mass is 9.97. The van der Waals surface area contributed by atoms with Gasteiger partial charge in [-0.1, -0.05) is 17.7 Å². The molecule has 0 saturated carbocycles. The maximum atomic E-state index is 6.22. The molecule has 86 valence electrons. The average molecular weight is 246 g/mol. The van der Waals surface area contributed by atoms with Crippen molar-refractivity contribution in [3.63, 3.8) is 0 Å². The van der Waals surface area contributed by atoms with Gasteiger partial charge in [-0.05, 0) is 37.8 Å². The van der Waals surface area contributed by atoms with Crippen LogP contribution in [0.4, 0.5) is 0 Å². The maximum absolute atomic E-state index is 6.22. The van der Waals surface area contributed by atoms with E-state index in [4.69, 9.17) is 11.6 Å². The lowest BCUT2D eigenvalue weighted by Gasteiger charge is -2.16. The molecule has 0 amide bonds. The van der Waals surface area contributed by atoms with Crippen LogP contribution in [0.1, 0.15) is 24.1 Å². The van der Waals surface area contributed by atoms with Crippen molar-refractivity contribution in [3.8, 4) is 11.5 Å². The molecule has 0 N–H and O–H groups in total. The molecule has 2 heterocycles. The van der Waals surface area contributed by atoms with E-state index in [0.717, 1.165) is 29.8 Å². The van der Waals surface area contributed by atoms with Crippen molar-refractivity contribution in [1.29, 1.82) is 0 Å². The summed E-state index contributed by atoms with van der Waals surface area (Å²) in [7, 11) is 0. The molecule has 0 bridgehead atoms. The largest absolute Gasteiger partial charge is 0.253 e. The van der Waals surface area contributed by atoms with E-state index in [1.54, 1.807) is 6.20 Å². The first-order valence-electron chi connectivity index (χ1n) is 5.81. The standard InChI is InChI=1S/C13H12ClN3/c14-12-9-5-1-2-6-10(9)16-13(17-12)11-7-3-4-8-15-11/h3-4,7-8H,1-2,5-6H2. The highest BCUT2D eigenvalue weighted by Gasteiger charge is 2.17. The van der Waals surface area contributed by atoms with Crippen molar-refractivity contribution in [2.75, 3.05) is 0 Å². The number of aromatic nitrogens is 3. The van der Waals surface area contributed by atoms with Gasteiger partial charge in [0.1, 0.15) is 10.8 Å². The third kappa shape index (κ3) is 2.03. The van der Waals surface area contributed by atoms with Gasteiger partial charge in [0.25, 0.3) is 0 Å². The van der Waals surface area contributed by atoms with E-state index in [1.807, 2.05) is 18.2 Å². The number of hydrogen-bond acceptors (Lipinski definition) is 3. The zero-order valence-corrected chi connectivity index (χ0v) is 10.1. The van der Waals surface area contributed by atoms with Crippen LogP contribution in [0.15, 0.2) is 24.4 Å². The lowest BCUT2D eigenvalue weighted by Crippen LogP contribution is -2.09. The van der Waals surface area contributed by atoms with Crippen LogP contribution in [-0.2, 0) is 12.8 Å². The molecule has 0 aromatic carbocycles. The zero-order chi connectivity index (χ0) is 11.7. The Bertz CT molecular complexity index is 540. The molecular weight excluding hydrogens is 234 g/mol. The summed E-state index contributed by atoms with van der Waals surface area (Å²) in [5, 5.41) is 0.593. The summed E-state index contributed by atoms with van der Waals surface area (Å²) in [6.07, 6.45) is 6.10. The monoisotopic (exact) mass is 245 g/mol. The highest BCUT2D eigenvalue weighted by atomic mass is 35.5. The Hall–Kier alpha value is -1.48. The minimum Gasteiger partial charge on any atom is -0.253 e. The van der Waals surface area contributed by atoms with Crippen LogP contribution in [-0.4, -0.2) is 15.0 Å². The molecule has 3 rings (SSSR count). The molecule has 0 aliphatic heterocycles. The van der Waals surface area contributed by atoms with Crippen LogP contribution in [0.5, 0.6) is 0 Å². The van der Waals surface area contributed by atoms with E-state index >= 15 is 0 Å². The van der Waals surface area contributed by atoms with Crippen LogP contribution >= 0.6 is 11.6 Å². The molecule has 1 aliphatic carbocycles. The normalized spacial score (nSPS) is 14.4. The van der Waals surface area contributed by atoms with Crippen LogP contribution in [0, 0.1) is 0 Å². The van der Waals surface area contributed by atoms with Gasteiger partial charge in [-0.3, -0.25) is 4.98 Å². The Balaban J connectivity index is 2.11. The number of rotatable bonds is 1. The van der Waals surface area contributed by atoms with Crippen molar-refractivity contribution in [3.05, 3.63) is 40.8 Å². The van der Waals surface area contributed by atoms with Gasteiger partial charge in [0.15, 0.2) is 5.82 Å². The molecule has 0 saturated heterocycles. The van der Waals surface area contributed by atoms with Crippen molar-refractivity contribution in [2.45, 2.75) is 25.7 Å². The second-order valence-electron chi connectivity index (χ2n) is 4.19. The minimum absolute atomic E-state index is 0.593. The number of fused-ring (bicyclic) bond motifs is 1. The summed E-state index contributed by atoms with van der Waals surface area (Å²) in [5.74, 6) is 0.635. The molecule has 2 aromatic rings. The summed E-state index contributed by atoms with van der Waals surface area (Å²) in [6, 6.07) is 5.71. The first-order valence-corrected chi connectivity index (χ1v) is 6.19. The van der Waals surface area contributed by atoms with Crippen molar-refractivity contribution >= 4 is 11.6 Å². The van der Waals surface area contributed by atoms with Gasteiger partial charge in [0.2, 0.25) is 0 Å². The fourth-order valence-corrected chi connectivity index (χ4v) is 2.44. The average Bonchev–Trinajstić information content (AvgIpc) is 2.40. The summed E-state index contributed by atoms with van der Waals surface area (Å²) in [4.78, 5) is 13.2. The van der Waals surface area contributed by atoms with Gasteiger partial charge in [-0.15, -0.1) is 0 Å². The highest BCUT2D eigenvalue weighted by Crippen LogP contribution is 2.27. The van der Waals surface area contributed by atoms with Crippen molar-refractivity contribution in [2.24, 2.45) is 0 Å². The SMILES string of the molecule is Clc1nc(-c2ccccn2)nc2c1CCCC2. The number of aryl methyl sites for hydroxylation is 1. The van der Waals surface area contributed by atoms with E-state index in [9.17, 15) is 0 Å². The predicted octanol–water partition coefficient (Wildman–Crippen LogP) is 3.07. The molecule has 4 heteroatoms. The predicted molar refractivity (Wildman–Crippen MR) is 66.9 cm³/mol. The Morgan fingerprint density at radius 1 is 1.06 bits per heavy atom. The Morgan fingerprint density at radius 3 is 2.76 bits per heavy atom. The minimum atomic E-state index is 0.593. The highest BCUT2D eigenvalue weighted by molar-refractivity contribution is 6.30. The quantitative estimate of drug-likeness (QED) is 0.725. The fourth-order valence-electron chi connectivity index (χ4n) is 2.16. The van der Waals surface area contributed by atoms with Crippen LogP contribution in [0.2, 0.25) is 5.15 Å². The molecule has 0 fully saturated rings. The first-order chi connectivity index (χ1) is 8.34. The second kappa shape index (κ2) is 4.41. The van der Waals surface area contributed by atoms with Crippen molar-refractivity contribution in [1.82, 2.24) is 15.0 Å².